The van der Waals surface area contributed by atoms with Crippen molar-refractivity contribution in [2.75, 3.05) is 6.54 Å². The Morgan fingerprint density at radius 1 is 1.30 bits per heavy atom. The zero-order chi connectivity index (χ0) is 16.0. The number of allylic oxidation sites excluding steroid dienone is 1. The van der Waals surface area contributed by atoms with E-state index in [0.717, 1.165) is 11.3 Å². The molecule has 0 N–H and O–H groups in total. The number of hydrogen-bond acceptors (Lipinski definition) is 2. The fraction of sp³-hybridized carbons (Fsp3) is 0.550. The Morgan fingerprint density at radius 2 is 2.04 bits per heavy atom. The molecule has 2 aliphatic carbocycles. The van der Waals surface area contributed by atoms with Gasteiger partial charge in [0.05, 0.1) is 18.3 Å². The molecule has 1 saturated heterocycles. The van der Waals surface area contributed by atoms with Gasteiger partial charge in [0.1, 0.15) is 6.17 Å². The highest BCUT2D eigenvalue weighted by atomic mass is 19.1. The van der Waals surface area contributed by atoms with E-state index in [1.165, 1.54) is 31.3 Å². The van der Waals surface area contributed by atoms with E-state index in [0.29, 0.717) is 24.3 Å². The second kappa shape index (κ2) is 5.47. The third-order valence-electron chi connectivity index (χ3n) is 6.11. The maximum Gasteiger partial charge on any atom is 0.122 e. The fourth-order valence-corrected chi connectivity index (χ4v) is 4.40. The van der Waals surface area contributed by atoms with E-state index in [1.807, 2.05) is 30.1 Å². The van der Waals surface area contributed by atoms with Gasteiger partial charge in [0, 0.05) is 6.42 Å². The third-order valence-corrected chi connectivity index (χ3v) is 6.11. The molecule has 122 valence electrons. The fourth-order valence-electron chi connectivity index (χ4n) is 4.40. The molecule has 3 unspecified atom stereocenters. The first kappa shape index (κ1) is 14.9. The van der Waals surface area contributed by atoms with Crippen LogP contribution in [0.5, 0.6) is 0 Å². The first-order valence-electron chi connectivity index (χ1n) is 8.79. The topological polar surface area (TPSA) is 15.6 Å². The predicted molar refractivity (Wildman–Crippen MR) is 92.0 cm³/mol. The third kappa shape index (κ3) is 2.60. The molecule has 23 heavy (non-hydrogen) atoms. The first-order valence-corrected chi connectivity index (χ1v) is 8.79. The summed E-state index contributed by atoms with van der Waals surface area (Å²) in [6, 6.07) is 10.2. The second-order valence-electron chi connectivity index (χ2n) is 7.56. The molecule has 2 saturated carbocycles. The highest BCUT2D eigenvalue weighted by Gasteiger charge is 2.58. The summed E-state index contributed by atoms with van der Waals surface area (Å²) in [6.07, 6.45) is 5.09. The molecule has 3 aliphatic rings. The summed E-state index contributed by atoms with van der Waals surface area (Å²) in [7, 11) is 0. The molecule has 3 atom stereocenters. The van der Waals surface area contributed by atoms with Crippen molar-refractivity contribution < 1.29 is 4.39 Å². The van der Waals surface area contributed by atoms with Crippen LogP contribution in [0.4, 0.5) is 4.39 Å². The maximum absolute atomic E-state index is 14.0. The Bertz CT molecular complexity index is 632. The molecule has 3 fully saturated rings. The van der Waals surface area contributed by atoms with E-state index in [2.05, 4.69) is 18.7 Å². The molecule has 1 spiro atoms. The number of nitrogens with zero attached hydrogens (tertiary/aromatic N) is 2. The molecule has 2 nitrogen and oxygen atoms in total. The van der Waals surface area contributed by atoms with Gasteiger partial charge in [-0.2, -0.15) is 5.10 Å². The van der Waals surface area contributed by atoms with Crippen LogP contribution in [0.1, 0.15) is 50.6 Å². The van der Waals surface area contributed by atoms with Gasteiger partial charge in [-0.3, -0.25) is 5.01 Å². The quantitative estimate of drug-likeness (QED) is 0.722. The minimum Gasteiger partial charge on any atom is -0.286 e. The molecule has 0 aromatic heterocycles. The van der Waals surface area contributed by atoms with Crippen LogP contribution < -0.4 is 0 Å². The molecule has 1 aromatic carbocycles. The SMILES string of the molecule is C=C(/C(C)=N/N1CC(F)CC1c1ccccc1)C1CC12CCC2. The maximum atomic E-state index is 14.0. The first-order chi connectivity index (χ1) is 11.1. The van der Waals surface area contributed by atoms with Crippen molar-refractivity contribution in [1.29, 1.82) is 0 Å². The van der Waals surface area contributed by atoms with Crippen LogP contribution >= 0.6 is 0 Å². The van der Waals surface area contributed by atoms with Gasteiger partial charge in [-0.25, -0.2) is 4.39 Å². The van der Waals surface area contributed by atoms with Crippen molar-refractivity contribution in [3.63, 3.8) is 0 Å². The molecule has 4 rings (SSSR count). The normalized spacial score (nSPS) is 32.0. The van der Waals surface area contributed by atoms with Crippen LogP contribution in [0.25, 0.3) is 0 Å². The van der Waals surface area contributed by atoms with Crippen molar-refractivity contribution >= 4 is 5.71 Å². The van der Waals surface area contributed by atoms with Crippen LogP contribution in [0.2, 0.25) is 0 Å². The Kier molecular flexibility index (Phi) is 3.55. The van der Waals surface area contributed by atoms with Crippen molar-refractivity contribution in [3.05, 3.63) is 48.0 Å². The van der Waals surface area contributed by atoms with Gasteiger partial charge in [-0.15, -0.1) is 0 Å². The average Bonchev–Trinajstić information content (AvgIpc) is 3.19. The van der Waals surface area contributed by atoms with E-state index in [4.69, 9.17) is 5.10 Å². The second-order valence-corrected chi connectivity index (χ2v) is 7.56. The van der Waals surface area contributed by atoms with Gasteiger partial charge in [0.25, 0.3) is 0 Å². The zero-order valence-corrected chi connectivity index (χ0v) is 13.8. The van der Waals surface area contributed by atoms with Crippen LogP contribution in [0, 0.1) is 11.3 Å². The Labute approximate surface area is 138 Å². The summed E-state index contributed by atoms with van der Waals surface area (Å²) in [5.74, 6) is 0.624. The summed E-state index contributed by atoms with van der Waals surface area (Å²) in [5, 5.41) is 6.72. The van der Waals surface area contributed by atoms with Crippen LogP contribution in [-0.2, 0) is 0 Å². The minimum absolute atomic E-state index is 0.0471. The van der Waals surface area contributed by atoms with Crippen molar-refractivity contribution in [2.45, 2.75) is 51.2 Å². The number of hydrogen-bond donors (Lipinski definition) is 0. The summed E-state index contributed by atoms with van der Waals surface area (Å²) < 4.78 is 14.0. The summed E-state index contributed by atoms with van der Waals surface area (Å²) in [6.45, 7) is 6.73. The summed E-state index contributed by atoms with van der Waals surface area (Å²) in [4.78, 5) is 0. The number of rotatable bonds is 4. The number of halogens is 1. The monoisotopic (exact) mass is 312 g/mol. The van der Waals surface area contributed by atoms with Gasteiger partial charge < -0.3 is 0 Å². The van der Waals surface area contributed by atoms with Gasteiger partial charge in [-0.1, -0.05) is 43.3 Å². The van der Waals surface area contributed by atoms with Gasteiger partial charge in [0.15, 0.2) is 0 Å². The Morgan fingerprint density at radius 3 is 2.65 bits per heavy atom. The smallest absolute Gasteiger partial charge is 0.122 e. The molecule has 1 aromatic rings. The summed E-state index contributed by atoms with van der Waals surface area (Å²) >= 11 is 0. The minimum atomic E-state index is -0.802. The lowest BCUT2D eigenvalue weighted by atomic mass is 9.78. The van der Waals surface area contributed by atoms with Crippen LogP contribution in [-0.4, -0.2) is 23.4 Å². The molecular weight excluding hydrogens is 287 g/mol. The van der Waals surface area contributed by atoms with E-state index in [1.54, 1.807) is 0 Å². The van der Waals surface area contributed by atoms with Crippen molar-refractivity contribution in [3.8, 4) is 0 Å². The van der Waals surface area contributed by atoms with E-state index >= 15 is 0 Å². The molecule has 0 amide bonds. The van der Waals surface area contributed by atoms with E-state index in [-0.39, 0.29) is 6.04 Å². The Balaban J connectivity index is 1.50. The predicted octanol–water partition coefficient (Wildman–Crippen LogP) is 4.89. The van der Waals surface area contributed by atoms with Crippen molar-refractivity contribution in [1.82, 2.24) is 5.01 Å². The van der Waals surface area contributed by atoms with E-state index < -0.39 is 6.17 Å². The van der Waals surface area contributed by atoms with Gasteiger partial charge in [-0.05, 0) is 48.7 Å². The highest BCUT2D eigenvalue weighted by Crippen LogP contribution is 2.67. The summed E-state index contributed by atoms with van der Waals surface area (Å²) in [5.41, 5.74) is 3.89. The zero-order valence-electron chi connectivity index (χ0n) is 13.8. The van der Waals surface area contributed by atoms with Gasteiger partial charge in [0.2, 0.25) is 0 Å². The van der Waals surface area contributed by atoms with Crippen LogP contribution in [0.3, 0.4) is 0 Å². The molecule has 0 radical (unpaired) electrons. The lowest BCUT2D eigenvalue weighted by Crippen LogP contribution is -2.22. The average molecular weight is 312 g/mol. The molecule has 1 aliphatic heterocycles. The molecule has 1 heterocycles. The number of benzene rings is 1. The largest absolute Gasteiger partial charge is 0.286 e. The molecule has 3 heteroatoms. The van der Waals surface area contributed by atoms with Crippen molar-refractivity contribution in [2.24, 2.45) is 16.4 Å². The number of hydrazone groups is 1. The van der Waals surface area contributed by atoms with Gasteiger partial charge >= 0.3 is 0 Å². The lowest BCUT2D eigenvalue weighted by Gasteiger charge is -2.28. The molecule has 0 bridgehead atoms. The Hall–Kier alpha value is -1.64. The number of alkyl halides is 1. The molecular formula is C20H25FN2. The highest BCUT2D eigenvalue weighted by molar-refractivity contribution is 5.98. The standard InChI is InChI=1S/C20H25FN2/c1-14(18-12-20(18)9-6-10-20)15(2)22-23-13-17(21)11-19(23)16-7-4-3-5-8-16/h3-5,7-8,17-19H,1,6,9-13H2,2H3/b22-15+. The lowest BCUT2D eigenvalue weighted by molar-refractivity contribution is 0.256. The van der Waals surface area contributed by atoms with Crippen LogP contribution in [0.15, 0.2) is 47.6 Å². The van der Waals surface area contributed by atoms with E-state index in [9.17, 15) is 4.39 Å².